The molecule has 4 nitrogen and oxygen atoms in total. The lowest BCUT2D eigenvalue weighted by Crippen LogP contribution is -2.19. The van der Waals surface area contributed by atoms with Gasteiger partial charge in [-0.05, 0) is 39.8 Å². The van der Waals surface area contributed by atoms with E-state index >= 15 is 0 Å². The van der Waals surface area contributed by atoms with Gasteiger partial charge in [0.05, 0.1) is 19.0 Å². The summed E-state index contributed by atoms with van der Waals surface area (Å²) in [6.45, 7) is 10.9. The summed E-state index contributed by atoms with van der Waals surface area (Å²) in [5.41, 5.74) is 1.21. The summed E-state index contributed by atoms with van der Waals surface area (Å²) in [6, 6.07) is 0.370. The number of nitrogens with one attached hydrogen (secondary N) is 1. The zero-order chi connectivity index (χ0) is 13.5. The number of aromatic nitrogens is 2. The van der Waals surface area contributed by atoms with Crippen molar-refractivity contribution < 1.29 is 4.74 Å². The van der Waals surface area contributed by atoms with Gasteiger partial charge < -0.3 is 10.1 Å². The number of ether oxygens (including phenoxy) is 1. The molecule has 0 saturated heterocycles. The number of rotatable bonds is 8. The molecule has 0 aliphatic rings. The minimum atomic E-state index is 0.370. The van der Waals surface area contributed by atoms with Gasteiger partial charge in [0.25, 0.3) is 0 Å². The molecule has 1 aromatic rings. The smallest absolute Gasteiger partial charge is 0.160 e. The second-order valence-electron chi connectivity index (χ2n) is 5.08. The Balaban J connectivity index is 2.70. The molecule has 4 heteroatoms. The van der Waals surface area contributed by atoms with Crippen molar-refractivity contribution >= 4 is 0 Å². The fourth-order valence-corrected chi connectivity index (χ4v) is 2.15. The van der Waals surface area contributed by atoms with Gasteiger partial charge in [0, 0.05) is 12.0 Å². The van der Waals surface area contributed by atoms with Crippen LogP contribution in [0, 0.1) is 0 Å². The fourth-order valence-electron chi connectivity index (χ4n) is 2.15. The summed E-state index contributed by atoms with van der Waals surface area (Å²) in [5, 5.41) is 7.87. The Morgan fingerprint density at radius 2 is 2.06 bits per heavy atom. The van der Waals surface area contributed by atoms with Gasteiger partial charge in [-0.15, -0.1) is 0 Å². The number of methoxy groups -OCH3 is 1. The third-order valence-corrected chi connectivity index (χ3v) is 3.16. The van der Waals surface area contributed by atoms with Crippen molar-refractivity contribution in [3.63, 3.8) is 0 Å². The van der Waals surface area contributed by atoms with Crippen molar-refractivity contribution in [2.75, 3.05) is 20.2 Å². The third kappa shape index (κ3) is 3.73. The quantitative estimate of drug-likeness (QED) is 0.724. The first kappa shape index (κ1) is 15.0. The van der Waals surface area contributed by atoms with Crippen molar-refractivity contribution in [1.82, 2.24) is 15.1 Å². The van der Waals surface area contributed by atoms with Crippen molar-refractivity contribution in [3.05, 3.63) is 11.9 Å². The standard InChI is InChI=1S/C14H27N3O/c1-6-8-15-9-7-12(4)14-13(18-5)10-16-17(14)11(2)3/h10-12,15H,6-9H2,1-5H3. The van der Waals surface area contributed by atoms with Crippen LogP contribution in [0.2, 0.25) is 0 Å². The van der Waals surface area contributed by atoms with Gasteiger partial charge in [0.2, 0.25) is 0 Å². The molecule has 0 fully saturated rings. The topological polar surface area (TPSA) is 39.1 Å². The number of hydrogen-bond acceptors (Lipinski definition) is 3. The molecule has 0 radical (unpaired) electrons. The largest absolute Gasteiger partial charge is 0.493 e. The predicted molar refractivity (Wildman–Crippen MR) is 75.4 cm³/mol. The summed E-state index contributed by atoms with van der Waals surface area (Å²) in [6.07, 6.45) is 4.11. The molecule has 0 aromatic carbocycles. The van der Waals surface area contributed by atoms with E-state index in [-0.39, 0.29) is 0 Å². The maximum Gasteiger partial charge on any atom is 0.160 e. The molecule has 0 aliphatic carbocycles. The molecule has 0 saturated carbocycles. The highest BCUT2D eigenvalue weighted by molar-refractivity contribution is 5.28. The zero-order valence-corrected chi connectivity index (χ0v) is 12.4. The highest BCUT2D eigenvalue weighted by Gasteiger charge is 2.19. The number of nitrogens with zero attached hydrogens (tertiary/aromatic N) is 2. The lowest BCUT2D eigenvalue weighted by Gasteiger charge is -2.18. The first-order valence-electron chi connectivity index (χ1n) is 6.93. The Morgan fingerprint density at radius 1 is 1.33 bits per heavy atom. The van der Waals surface area contributed by atoms with E-state index in [1.165, 1.54) is 12.1 Å². The SMILES string of the molecule is CCCNCCC(C)c1c(OC)cnn1C(C)C. The van der Waals surface area contributed by atoms with Crippen molar-refractivity contribution in [2.45, 2.75) is 52.5 Å². The molecule has 18 heavy (non-hydrogen) atoms. The third-order valence-electron chi connectivity index (χ3n) is 3.16. The highest BCUT2D eigenvalue weighted by atomic mass is 16.5. The maximum atomic E-state index is 5.42. The first-order valence-corrected chi connectivity index (χ1v) is 6.93. The molecule has 1 aromatic heterocycles. The molecule has 1 rings (SSSR count). The Bertz CT molecular complexity index is 347. The summed E-state index contributed by atoms with van der Waals surface area (Å²) in [5.74, 6) is 1.36. The zero-order valence-electron chi connectivity index (χ0n) is 12.4. The molecule has 0 amide bonds. The minimum absolute atomic E-state index is 0.370. The van der Waals surface area contributed by atoms with E-state index in [0.29, 0.717) is 12.0 Å². The van der Waals surface area contributed by atoms with Crippen LogP contribution >= 0.6 is 0 Å². The summed E-state index contributed by atoms with van der Waals surface area (Å²) >= 11 is 0. The van der Waals surface area contributed by atoms with Gasteiger partial charge in [0.1, 0.15) is 0 Å². The Morgan fingerprint density at radius 3 is 2.61 bits per heavy atom. The minimum Gasteiger partial charge on any atom is -0.493 e. The van der Waals surface area contributed by atoms with Crippen LogP contribution in [0.25, 0.3) is 0 Å². The molecular weight excluding hydrogens is 226 g/mol. The van der Waals surface area contributed by atoms with Crippen LogP contribution in [0.3, 0.4) is 0 Å². The van der Waals surface area contributed by atoms with Crippen molar-refractivity contribution in [1.29, 1.82) is 0 Å². The van der Waals surface area contributed by atoms with E-state index in [2.05, 4.69) is 42.8 Å². The molecule has 0 spiro atoms. The molecule has 104 valence electrons. The number of hydrogen-bond donors (Lipinski definition) is 1. The maximum absolute atomic E-state index is 5.42. The van der Waals surface area contributed by atoms with E-state index < -0.39 is 0 Å². The van der Waals surface area contributed by atoms with Gasteiger partial charge in [-0.1, -0.05) is 13.8 Å². The lowest BCUT2D eigenvalue weighted by atomic mass is 10.0. The van der Waals surface area contributed by atoms with Crippen molar-refractivity contribution in [3.8, 4) is 5.75 Å². The molecule has 0 bridgehead atoms. The molecular formula is C14H27N3O. The van der Waals surface area contributed by atoms with Gasteiger partial charge in [-0.2, -0.15) is 5.10 Å². The van der Waals surface area contributed by atoms with Crippen LogP contribution in [0.1, 0.15) is 58.2 Å². The average Bonchev–Trinajstić information content (AvgIpc) is 2.78. The highest BCUT2D eigenvalue weighted by Crippen LogP contribution is 2.30. The second-order valence-corrected chi connectivity index (χ2v) is 5.08. The lowest BCUT2D eigenvalue weighted by molar-refractivity contribution is 0.395. The van der Waals surface area contributed by atoms with E-state index in [1.54, 1.807) is 7.11 Å². The van der Waals surface area contributed by atoms with Gasteiger partial charge in [-0.25, -0.2) is 0 Å². The average molecular weight is 253 g/mol. The molecule has 1 atom stereocenters. The van der Waals surface area contributed by atoms with Crippen LogP contribution in [0.5, 0.6) is 5.75 Å². The van der Waals surface area contributed by atoms with E-state index in [4.69, 9.17) is 4.74 Å². The second kappa shape index (κ2) is 7.41. The Hall–Kier alpha value is -1.03. The van der Waals surface area contributed by atoms with Crippen LogP contribution in [-0.2, 0) is 0 Å². The monoisotopic (exact) mass is 253 g/mol. The Kier molecular flexibility index (Phi) is 6.19. The van der Waals surface area contributed by atoms with Crippen molar-refractivity contribution in [2.24, 2.45) is 0 Å². The van der Waals surface area contributed by atoms with E-state index in [0.717, 1.165) is 25.3 Å². The Labute approximate surface area is 111 Å². The van der Waals surface area contributed by atoms with Crippen LogP contribution < -0.4 is 10.1 Å². The molecule has 1 unspecified atom stereocenters. The van der Waals surface area contributed by atoms with Gasteiger partial charge >= 0.3 is 0 Å². The summed E-state index contributed by atoms with van der Waals surface area (Å²) < 4.78 is 7.49. The molecule has 0 aliphatic heterocycles. The van der Waals surface area contributed by atoms with Gasteiger partial charge in [-0.3, -0.25) is 4.68 Å². The predicted octanol–water partition coefficient (Wildman–Crippen LogP) is 2.97. The summed E-state index contributed by atoms with van der Waals surface area (Å²) in [4.78, 5) is 0. The van der Waals surface area contributed by atoms with Gasteiger partial charge in [0.15, 0.2) is 5.75 Å². The van der Waals surface area contributed by atoms with Crippen LogP contribution in [-0.4, -0.2) is 30.0 Å². The summed E-state index contributed by atoms with van der Waals surface area (Å²) in [7, 11) is 1.72. The first-order chi connectivity index (χ1) is 8.61. The van der Waals surface area contributed by atoms with E-state index in [1.807, 2.05) is 6.20 Å². The molecule has 1 heterocycles. The van der Waals surface area contributed by atoms with Crippen LogP contribution in [0.15, 0.2) is 6.20 Å². The van der Waals surface area contributed by atoms with Crippen LogP contribution in [0.4, 0.5) is 0 Å². The normalized spacial score (nSPS) is 13.0. The molecule has 1 N–H and O–H groups in total. The van der Waals surface area contributed by atoms with E-state index in [9.17, 15) is 0 Å². The fraction of sp³-hybridized carbons (Fsp3) is 0.786.